The molecule has 19 heavy (non-hydrogen) atoms. The highest BCUT2D eigenvalue weighted by atomic mass is 19.4. The number of β-amino-alcohol motifs (C(OH)–C–C–N with tert-alkyl or cyclic N) is 1. The number of benzene rings is 1. The van der Waals surface area contributed by atoms with Crippen LogP contribution in [0.1, 0.15) is 24.0 Å². The van der Waals surface area contributed by atoms with Gasteiger partial charge in [-0.05, 0) is 31.0 Å². The Morgan fingerprint density at radius 2 is 2.11 bits per heavy atom. The van der Waals surface area contributed by atoms with E-state index in [4.69, 9.17) is 5.26 Å². The van der Waals surface area contributed by atoms with Crippen molar-refractivity contribution in [1.29, 1.82) is 5.26 Å². The van der Waals surface area contributed by atoms with Gasteiger partial charge in [0, 0.05) is 18.8 Å². The summed E-state index contributed by atoms with van der Waals surface area (Å²) in [6.45, 7) is 0.668. The zero-order chi connectivity index (χ0) is 14.0. The van der Waals surface area contributed by atoms with E-state index in [0.29, 0.717) is 19.4 Å². The smallest absolute Gasteiger partial charge is 0.391 e. The van der Waals surface area contributed by atoms with Crippen LogP contribution in [-0.4, -0.2) is 24.3 Å². The Balaban J connectivity index is 2.42. The Kier molecular flexibility index (Phi) is 3.67. The van der Waals surface area contributed by atoms with Crippen molar-refractivity contribution in [3.05, 3.63) is 29.3 Å². The van der Waals surface area contributed by atoms with Gasteiger partial charge in [0.05, 0.1) is 23.3 Å². The summed E-state index contributed by atoms with van der Waals surface area (Å²) in [6.07, 6.45) is -3.86. The first kappa shape index (κ1) is 13.7. The standard InChI is InChI=1S/C13H13F3N2O/c14-13(15,16)11-6-9(7-17)3-4-12(11)18-5-1-2-10(19)8-18/h3-4,6,10,19H,1-2,5,8H2. The fourth-order valence-corrected chi connectivity index (χ4v) is 2.28. The highest BCUT2D eigenvalue weighted by Gasteiger charge is 2.36. The lowest BCUT2D eigenvalue weighted by atomic mass is 10.0. The van der Waals surface area contributed by atoms with Crippen LogP contribution >= 0.6 is 0 Å². The van der Waals surface area contributed by atoms with Crippen molar-refractivity contribution in [3.8, 4) is 6.07 Å². The minimum Gasteiger partial charge on any atom is -0.391 e. The van der Waals surface area contributed by atoms with Crippen molar-refractivity contribution in [1.82, 2.24) is 0 Å². The Morgan fingerprint density at radius 1 is 1.37 bits per heavy atom. The Hall–Kier alpha value is -1.74. The molecule has 1 saturated heterocycles. The third-order valence-corrected chi connectivity index (χ3v) is 3.17. The Bertz CT molecular complexity index is 508. The third-order valence-electron chi connectivity index (χ3n) is 3.17. The Labute approximate surface area is 108 Å². The first-order valence-electron chi connectivity index (χ1n) is 5.96. The molecule has 1 aromatic rings. The minimum atomic E-state index is -4.51. The lowest BCUT2D eigenvalue weighted by molar-refractivity contribution is -0.137. The van der Waals surface area contributed by atoms with E-state index < -0.39 is 17.8 Å². The quantitative estimate of drug-likeness (QED) is 0.853. The number of aliphatic hydroxyl groups is 1. The van der Waals surface area contributed by atoms with Gasteiger partial charge in [-0.3, -0.25) is 0 Å². The van der Waals surface area contributed by atoms with Crippen LogP contribution in [-0.2, 0) is 6.18 Å². The van der Waals surface area contributed by atoms with Crippen molar-refractivity contribution in [2.75, 3.05) is 18.0 Å². The first-order valence-corrected chi connectivity index (χ1v) is 5.96. The molecule has 1 N–H and O–H groups in total. The van der Waals surface area contributed by atoms with E-state index in [1.54, 1.807) is 6.07 Å². The Morgan fingerprint density at radius 3 is 2.68 bits per heavy atom. The normalized spacial score (nSPS) is 20.2. The van der Waals surface area contributed by atoms with Gasteiger partial charge in [-0.2, -0.15) is 18.4 Å². The highest BCUT2D eigenvalue weighted by molar-refractivity contribution is 5.58. The van der Waals surface area contributed by atoms with E-state index in [0.717, 1.165) is 6.07 Å². The fourth-order valence-electron chi connectivity index (χ4n) is 2.28. The zero-order valence-corrected chi connectivity index (χ0v) is 10.1. The summed E-state index contributed by atoms with van der Waals surface area (Å²) in [5.41, 5.74) is -0.806. The molecule has 2 rings (SSSR count). The molecule has 0 amide bonds. The van der Waals surface area contributed by atoms with Crippen LogP contribution in [0.4, 0.5) is 18.9 Å². The van der Waals surface area contributed by atoms with Crippen LogP contribution in [0.15, 0.2) is 18.2 Å². The van der Waals surface area contributed by atoms with Gasteiger partial charge in [0.15, 0.2) is 0 Å². The van der Waals surface area contributed by atoms with Crippen LogP contribution in [0.2, 0.25) is 0 Å². The molecule has 0 saturated carbocycles. The van der Waals surface area contributed by atoms with Crippen molar-refractivity contribution >= 4 is 5.69 Å². The monoisotopic (exact) mass is 270 g/mol. The van der Waals surface area contributed by atoms with Gasteiger partial charge in [-0.1, -0.05) is 0 Å². The fraction of sp³-hybridized carbons (Fsp3) is 0.462. The number of anilines is 1. The number of piperidine rings is 1. The topological polar surface area (TPSA) is 47.3 Å². The van der Waals surface area contributed by atoms with Gasteiger partial charge < -0.3 is 10.0 Å². The van der Waals surface area contributed by atoms with E-state index in [2.05, 4.69) is 0 Å². The second-order valence-corrected chi connectivity index (χ2v) is 4.58. The van der Waals surface area contributed by atoms with Crippen LogP contribution in [0.5, 0.6) is 0 Å². The molecule has 1 aliphatic rings. The van der Waals surface area contributed by atoms with Crippen LogP contribution < -0.4 is 4.90 Å². The molecule has 1 fully saturated rings. The number of alkyl halides is 3. The molecule has 0 aromatic heterocycles. The molecule has 1 heterocycles. The van der Waals surface area contributed by atoms with Gasteiger partial charge in [0.1, 0.15) is 0 Å². The van der Waals surface area contributed by atoms with Gasteiger partial charge in [-0.15, -0.1) is 0 Å². The largest absolute Gasteiger partial charge is 0.418 e. The molecule has 102 valence electrons. The molecule has 3 nitrogen and oxygen atoms in total. The molecule has 1 aliphatic heterocycles. The average molecular weight is 270 g/mol. The maximum Gasteiger partial charge on any atom is 0.418 e. The molecule has 0 spiro atoms. The van der Waals surface area contributed by atoms with E-state index in [1.807, 2.05) is 0 Å². The second kappa shape index (κ2) is 5.10. The zero-order valence-electron chi connectivity index (χ0n) is 10.1. The van der Waals surface area contributed by atoms with Gasteiger partial charge >= 0.3 is 6.18 Å². The second-order valence-electron chi connectivity index (χ2n) is 4.58. The molecule has 1 atom stereocenters. The number of nitrogens with zero attached hydrogens (tertiary/aromatic N) is 2. The van der Waals surface area contributed by atoms with Crippen molar-refractivity contribution in [2.24, 2.45) is 0 Å². The number of hydrogen-bond donors (Lipinski definition) is 1. The summed E-state index contributed by atoms with van der Waals surface area (Å²) >= 11 is 0. The van der Waals surface area contributed by atoms with Crippen molar-refractivity contribution < 1.29 is 18.3 Å². The molecule has 0 aliphatic carbocycles. The van der Waals surface area contributed by atoms with Gasteiger partial charge in [0.25, 0.3) is 0 Å². The lowest BCUT2D eigenvalue weighted by Crippen LogP contribution is -2.39. The molecule has 1 aromatic carbocycles. The van der Waals surface area contributed by atoms with Crippen LogP contribution in [0, 0.1) is 11.3 Å². The van der Waals surface area contributed by atoms with Crippen molar-refractivity contribution in [2.45, 2.75) is 25.1 Å². The van der Waals surface area contributed by atoms with E-state index >= 15 is 0 Å². The highest BCUT2D eigenvalue weighted by Crippen LogP contribution is 2.38. The lowest BCUT2D eigenvalue weighted by Gasteiger charge is -2.33. The van der Waals surface area contributed by atoms with Gasteiger partial charge in [0.2, 0.25) is 0 Å². The molecule has 1 unspecified atom stereocenters. The number of nitriles is 1. The third kappa shape index (κ3) is 2.99. The predicted molar refractivity (Wildman–Crippen MR) is 63.6 cm³/mol. The maximum atomic E-state index is 13.0. The molecule has 6 heteroatoms. The van der Waals surface area contributed by atoms with E-state index in [-0.39, 0.29) is 17.8 Å². The minimum absolute atomic E-state index is 0.0198. The SMILES string of the molecule is N#Cc1ccc(N2CCCC(O)C2)c(C(F)(F)F)c1. The summed E-state index contributed by atoms with van der Waals surface area (Å²) in [6, 6.07) is 5.24. The summed E-state index contributed by atoms with van der Waals surface area (Å²) in [7, 11) is 0. The number of aliphatic hydroxyl groups excluding tert-OH is 1. The van der Waals surface area contributed by atoms with E-state index in [9.17, 15) is 18.3 Å². The molecule has 0 bridgehead atoms. The molecular formula is C13H13F3N2O. The van der Waals surface area contributed by atoms with Gasteiger partial charge in [-0.25, -0.2) is 0 Å². The number of halogens is 3. The molecule has 0 radical (unpaired) electrons. The summed E-state index contributed by atoms with van der Waals surface area (Å²) < 4.78 is 39.1. The maximum absolute atomic E-state index is 13.0. The average Bonchev–Trinajstić information content (AvgIpc) is 2.37. The number of hydrogen-bond acceptors (Lipinski definition) is 3. The first-order chi connectivity index (χ1) is 8.91. The number of rotatable bonds is 1. The summed E-state index contributed by atoms with van der Waals surface area (Å²) in [5, 5.41) is 18.3. The predicted octanol–water partition coefficient (Wildman–Crippen LogP) is 2.54. The summed E-state index contributed by atoms with van der Waals surface area (Å²) in [4.78, 5) is 1.53. The van der Waals surface area contributed by atoms with Crippen LogP contribution in [0.3, 0.4) is 0 Å². The summed E-state index contributed by atoms with van der Waals surface area (Å²) in [5.74, 6) is 0. The molecular weight excluding hydrogens is 257 g/mol. The van der Waals surface area contributed by atoms with Crippen LogP contribution in [0.25, 0.3) is 0 Å². The van der Waals surface area contributed by atoms with E-state index in [1.165, 1.54) is 17.0 Å². The van der Waals surface area contributed by atoms with Crippen molar-refractivity contribution in [3.63, 3.8) is 0 Å².